The summed E-state index contributed by atoms with van der Waals surface area (Å²) in [6, 6.07) is 0. The van der Waals surface area contributed by atoms with Crippen molar-refractivity contribution in [3.05, 3.63) is 28.7 Å². The predicted molar refractivity (Wildman–Crippen MR) is 61.9 cm³/mol. The Morgan fingerprint density at radius 2 is 2.14 bits per heavy atom. The van der Waals surface area contributed by atoms with E-state index in [1.165, 1.54) is 0 Å². The van der Waals surface area contributed by atoms with Crippen LogP contribution in [0.15, 0.2) is 12.2 Å². The fraction of sp³-hybridized carbons (Fsp3) is 0.364. The van der Waals surface area contributed by atoms with Crippen LogP contribution in [-0.4, -0.2) is 9.97 Å². The Morgan fingerprint density at radius 3 is 2.50 bits per heavy atom. The molecule has 0 radical (unpaired) electrons. The maximum Gasteiger partial charge on any atom is 0.121 e. The molecule has 0 atom stereocenters. The lowest BCUT2D eigenvalue weighted by Crippen LogP contribution is -2.22. The zero-order valence-electron chi connectivity index (χ0n) is 9.22. The fourth-order valence-corrected chi connectivity index (χ4v) is 0.928. The van der Waals surface area contributed by atoms with E-state index in [0.29, 0.717) is 6.54 Å². The van der Waals surface area contributed by atoms with Crippen LogP contribution in [0, 0.1) is 0 Å². The lowest BCUT2D eigenvalue weighted by atomic mass is 10.3. The SMILES string of the molecule is C=C(C)/C=c1/nc(CN)[nH]c1=C.CC. The number of nitrogens with one attached hydrogen (secondary N) is 1. The summed E-state index contributed by atoms with van der Waals surface area (Å²) in [5.74, 6) is 0.757. The van der Waals surface area contributed by atoms with E-state index in [0.717, 1.165) is 22.1 Å². The molecule has 0 bridgehead atoms. The molecule has 1 rings (SSSR count). The number of imidazole rings is 1. The topological polar surface area (TPSA) is 54.7 Å². The fourth-order valence-electron chi connectivity index (χ4n) is 0.928. The summed E-state index contributed by atoms with van der Waals surface area (Å²) < 4.78 is 0. The monoisotopic (exact) mass is 193 g/mol. The molecule has 1 aromatic rings. The molecule has 3 nitrogen and oxygen atoms in total. The van der Waals surface area contributed by atoms with Gasteiger partial charge >= 0.3 is 0 Å². The predicted octanol–water partition coefficient (Wildman–Crippen LogP) is 0.661. The largest absolute Gasteiger partial charge is 0.341 e. The Labute approximate surface area is 85.1 Å². The number of aromatic nitrogens is 2. The second kappa shape index (κ2) is 6.16. The lowest BCUT2D eigenvalue weighted by molar-refractivity contribution is 0.943. The van der Waals surface area contributed by atoms with E-state index in [4.69, 9.17) is 5.73 Å². The highest BCUT2D eigenvalue weighted by Crippen LogP contribution is 1.85. The molecule has 3 N–H and O–H groups in total. The van der Waals surface area contributed by atoms with Gasteiger partial charge in [-0.05, 0) is 13.0 Å². The van der Waals surface area contributed by atoms with E-state index < -0.39 is 0 Å². The van der Waals surface area contributed by atoms with Crippen LogP contribution in [0.5, 0.6) is 0 Å². The highest BCUT2D eigenvalue weighted by atomic mass is 14.9. The van der Waals surface area contributed by atoms with Gasteiger partial charge in [-0.25, -0.2) is 4.98 Å². The number of nitrogens with two attached hydrogens (primary N) is 1. The van der Waals surface area contributed by atoms with E-state index in [1.54, 1.807) is 0 Å². The van der Waals surface area contributed by atoms with Gasteiger partial charge in [-0.1, -0.05) is 32.6 Å². The Morgan fingerprint density at radius 1 is 1.57 bits per heavy atom. The van der Waals surface area contributed by atoms with Crippen LogP contribution in [0.25, 0.3) is 12.7 Å². The minimum absolute atomic E-state index is 0.409. The van der Waals surface area contributed by atoms with Crippen LogP contribution < -0.4 is 16.4 Å². The highest BCUT2D eigenvalue weighted by molar-refractivity contribution is 5.41. The van der Waals surface area contributed by atoms with Crippen LogP contribution in [0.3, 0.4) is 0 Å². The summed E-state index contributed by atoms with van der Waals surface area (Å²) in [5, 5.41) is 1.61. The molecule has 0 aromatic carbocycles. The zero-order valence-corrected chi connectivity index (χ0v) is 9.22. The molecule has 0 aliphatic rings. The van der Waals surface area contributed by atoms with Crippen LogP contribution in [0.2, 0.25) is 0 Å². The number of allylic oxidation sites excluding steroid dienone is 1. The lowest BCUT2D eigenvalue weighted by Gasteiger charge is -1.82. The molecule has 0 aliphatic heterocycles. The van der Waals surface area contributed by atoms with Crippen molar-refractivity contribution >= 4 is 12.7 Å². The van der Waals surface area contributed by atoms with E-state index in [2.05, 4.69) is 23.1 Å². The Bertz CT molecular complexity index is 387. The van der Waals surface area contributed by atoms with Crippen LogP contribution >= 0.6 is 0 Å². The molecule has 0 spiro atoms. The van der Waals surface area contributed by atoms with Crippen LogP contribution in [-0.2, 0) is 6.54 Å². The normalized spacial score (nSPS) is 10.7. The average molecular weight is 193 g/mol. The molecule has 0 unspecified atom stereocenters. The van der Waals surface area contributed by atoms with Crippen molar-refractivity contribution in [3.8, 4) is 0 Å². The van der Waals surface area contributed by atoms with Gasteiger partial charge in [0.05, 0.1) is 17.2 Å². The third-order valence-electron chi connectivity index (χ3n) is 1.44. The van der Waals surface area contributed by atoms with Crippen molar-refractivity contribution in [3.63, 3.8) is 0 Å². The van der Waals surface area contributed by atoms with Gasteiger partial charge in [0.15, 0.2) is 0 Å². The van der Waals surface area contributed by atoms with Crippen molar-refractivity contribution in [1.29, 1.82) is 0 Å². The average Bonchev–Trinajstić information content (AvgIpc) is 2.50. The molecular formula is C11H19N3. The third-order valence-corrected chi connectivity index (χ3v) is 1.44. The minimum Gasteiger partial charge on any atom is -0.341 e. The number of H-pyrrole nitrogens is 1. The summed E-state index contributed by atoms with van der Waals surface area (Å²) in [5.41, 5.74) is 6.36. The van der Waals surface area contributed by atoms with Gasteiger partial charge in [0.1, 0.15) is 5.82 Å². The van der Waals surface area contributed by atoms with Gasteiger partial charge in [0.2, 0.25) is 0 Å². The zero-order chi connectivity index (χ0) is 11.1. The first-order chi connectivity index (χ1) is 6.63. The van der Waals surface area contributed by atoms with E-state index in [1.807, 2.05) is 26.8 Å². The number of hydrogen-bond donors (Lipinski definition) is 2. The maximum absolute atomic E-state index is 5.41. The van der Waals surface area contributed by atoms with Gasteiger partial charge in [0.25, 0.3) is 0 Å². The summed E-state index contributed by atoms with van der Waals surface area (Å²) in [6.07, 6.45) is 1.87. The molecule has 0 saturated carbocycles. The van der Waals surface area contributed by atoms with Gasteiger partial charge in [-0.3, -0.25) is 0 Å². The molecule has 14 heavy (non-hydrogen) atoms. The molecule has 0 amide bonds. The first-order valence-corrected chi connectivity index (χ1v) is 4.74. The summed E-state index contributed by atoms with van der Waals surface area (Å²) in [4.78, 5) is 7.19. The Kier molecular flexibility index (Phi) is 5.56. The molecule has 0 saturated heterocycles. The summed E-state index contributed by atoms with van der Waals surface area (Å²) in [6.45, 7) is 13.9. The minimum atomic E-state index is 0.409. The Balaban J connectivity index is 0.000000791. The molecule has 78 valence electrons. The first kappa shape index (κ1) is 12.7. The van der Waals surface area contributed by atoms with Crippen molar-refractivity contribution in [1.82, 2.24) is 9.97 Å². The van der Waals surface area contributed by atoms with Crippen LogP contribution in [0.4, 0.5) is 0 Å². The van der Waals surface area contributed by atoms with Crippen molar-refractivity contribution < 1.29 is 0 Å². The highest BCUT2D eigenvalue weighted by Gasteiger charge is 1.93. The van der Waals surface area contributed by atoms with Crippen molar-refractivity contribution in [2.24, 2.45) is 5.73 Å². The van der Waals surface area contributed by atoms with Crippen LogP contribution in [0.1, 0.15) is 26.6 Å². The number of nitrogens with zero attached hydrogens (tertiary/aromatic N) is 1. The molecular weight excluding hydrogens is 174 g/mol. The number of aromatic amines is 1. The molecule has 0 fully saturated rings. The Hall–Kier alpha value is -1.35. The van der Waals surface area contributed by atoms with Gasteiger partial charge in [-0.15, -0.1) is 0 Å². The quantitative estimate of drug-likeness (QED) is 0.725. The van der Waals surface area contributed by atoms with Gasteiger partial charge in [-0.2, -0.15) is 0 Å². The van der Waals surface area contributed by atoms with Gasteiger partial charge in [0, 0.05) is 0 Å². The smallest absolute Gasteiger partial charge is 0.121 e. The van der Waals surface area contributed by atoms with Crippen molar-refractivity contribution in [2.75, 3.05) is 0 Å². The standard InChI is InChI=1S/C9H13N3.C2H6/c1-6(2)4-8-7(3)11-9(5-10)12-8;1-2/h4H,1,3,5,10H2,2H3,(H,11,12);1-2H3/b8-4+;. The molecule has 3 heteroatoms. The van der Waals surface area contributed by atoms with Crippen molar-refractivity contribution in [2.45, 2.75) is 27.3 Å². The van der Waals surface area contributed by atoms with E-state index in [-0.39, 0.29) is 0 Å². The summed E-state index contributed by atoms with van der Waals surface area (Å²) >= 11 is 0. The van der Waals surface area contributed by atoms with E-state index in [9.17, 15) is 0 Å². The third kappa shape index (κ3) is 3.58. The second-order valence-electron chi connectivity index (χ2n) is 2.74. The van der Waals surface area contributed by atoms with E-state index >= 15 is 0 Å². The van der Waals surface area contributed by atoms with Gasteiger partial charge < -0.3 is 10.7 Å². The maximum atomic E-state index is 5.41. The molecule has 1 heterocycles. The number of hydrogen-bond acceptors (Lipinski definition) is 2. The first-order valence-electron chi connectivity index (χ1n) is 4.74. The molecule has 0 aliphatic carbocycles. The summed E-state index contributed by atoms with van der Waals surface area (Å²) in [7, 11) is 0. The molecule has 1 aromatic heterocycles. The second-order valence-corrected chi connectivity index (χ2v) is 2.74. The number of rotatable bonds is 2.